The van der Waals surface area contributed by atoms with Crippen molar-refractivity contribution in [2.45, 2.75) is 49.5 Å². The Morgan fingerprint density at radius 3 is 2.59 bits per heavy atom. The van der Waals surface area contributed by atoms with Gasteiger partial charge in [0.15, 0.2) is 0 Å². The van der Waals surface area contributed by atoms with Gasteiger partial charge in [-0.05, 0) is 42.9 Å². The van der Waals surface area contributed by atoms with Crippen LogP contribution < -0.4 is 10.5 Å². The number of alkyl halides is 1. The summed E-state index contributed by atoms with van der Waals surface area (Å²) in [5.74, 6) is 0.487. The van der Waals surface area contributed by atoms with Crippen LogP contribution in [0, 0.1) is 5.82 Å². The Hall–Kier alpha value is -2.12. The Morgan fingerprint density at radius 2 is 1.89 bits per heavy atom. The molecule has 1 saturated heterocycles. The standard InChI is InChI=1S/C20H24F2N4O/c21-15-3-1-13(2-4-15)14-7-18(26-10-16(22)9-17(23)11-26)19(8-14)27-20-5-6-24-12-25-20/h1-6,12,14,16-19H,7-11,23H2. The zero-order valence-electron chi connectivity index (χ0n) is 15.0. The van der Waals surface area contributed by atoms with E-state index in [2.05, 4.69) is 14.9 Å². The van der Waals surface area contributed by atoms with E-state index in [0.29, 0.717) is 25.4 Å². The first-order valence-corrected chi connectivity index (χ1v) is 9.40. The van der Waals surface area contributed by atoms with Gasteiger partial charge in [-0.3, -0.25) is 4.90 Å². The molecule has 5 nitrogen and oxygen atoms in total. The fourth-order valence-electron chi connectivity index (χ4n) is 4.38. The van der Waals surface area contributed by atoms with Crippen molar-refractivity contribution >= 4 is 0 Å². The molecular formula is C20H24F2N4O. The number of nitrogens with two attached hydrogens (primary N) is 1. The number of hydrogen-bond donors (Lipinski definition) is 1. The molecule has 4 rings (SSSR count). The van der Waals surface area contributed by atoms with Crippen LogP contribution in [0.1, 0.15) is 30.7 Å². The van der Waals surface area contributed by atoms with Crippen molar-refractivity contribution in [3.05, 3.63) is 54.2 Å². The van der Waals surface area contributed by atoms with Gasteiger partial charge >= 0.3 is 0 Å². The highest BCUT2D eigenvalue weighted by molar-refractivity contribution is 5.23. The molecule has 2 aromatic rings. The molecule has 144 valence electrons. The molecule has 0 radical (unpaired) electrons. The third-order valence-corrected chi connectivity index (χ3v) is 5.57. The average Bonchev–Trinajstić information content (AvgIpc) is 3.06. The van der Waals surface area contributed by atoms with E-state index >= 15 is 0 Å². The minimum Gasteiger partial charge on any atom is -0.473 e. The summed E-state index contributed by atoms with van der Waals surface area (Å²) in [5, 5.41) is 0. The Morgan fingerprint density at radius 1 is 1.07 bits per heavy atom. The second-order valence-corrected chi connectivity index (χ2v) is 7.54. The third-order valence-electron chi connectivity index (χ3n) is 5.57. The minimum atomic E-state index is -0.918. The molecule has 27 heavy (non-hydrogen) atoms. The van der Waals surface area contributed by atoms with Crippen molar-refractivity contribution < 1.29 is 13.5 Å². The summed E-state index contributed by atoms with van der Waals surface area (Å²) in [7, 11) is 0. The molecule has 2 fully saturated rings. The van der Waals surface area contributed by atoms with Crippen LogP contribution in [0.3, 0.4) is 0 Å². The van der Waals surface area contributed by atoms with E-state index in [1.807, 2.05) is 12.1 Å². The summed E-state index contributed by atoms with van der Waals surface area (Å²) in [6, 6.07) is 8.21. The predicted molar refractivity (Wildman–Crippen MR) is 97.7 cm³/mol. The topological polar surface area (TPSA) is 64.3 Å². The van der Waals surface area contributed by atoms with E-state index in [1.54, 1.807) is 12.3 Å². The molecule has 0 spiro atoms. The Kier molecular flexibility index (Phi) is 5.31. The van der Waals surface area contributed by atoms with Gasteiger partial charge in [-0.25, -0.2) is 18.7 Å². The number of rotatable bonds is 4. The molecule has 1 aliphatic carbocycles. The van der Waals surface area contributed by atoms with Gasteiger partial charge in [-0.15, -0.1) is 0 Å². The summed E-state index contributed by atoms with van der Waals surface area (Å²) in [5.41, 5.74) is 7.14. The van der Waals surface area contributed by atoms with E-state index in [-0.39, 0.29) is 29.9 Å². The van der Waals surface area contributed by atoms with E-state index in [9.17, 15) is 8.78 Å². The molecule has 5 unspecified atom stereocenters. The first-order valence-electron chi connectivity index (χ1n) is 9.40. The molecular weight excluding hydrogens is 350 g/mol. The molecule has 1 aromatic carbocycles. The van der Waals surface area contributed by atoms with Crippen molar-refractivity contribution in [2.75, 3.05) is 13.1 Å². The lowest BCUT2D eigenvalue weighted by Gasteiger charge is -2.39. The van der Waals surface area contributed by atoms with Crippen molar-refractivity contribution in [2.24, 2.45) is 5.73 Å². The van der Waals surface area contributed by atoms with Crippen LogP contribution in [0.4, 0.5) is 8.78 Å². The van der Waals surface area contributed by atoms with E-state index in [0.717, 1.165) is 18.4 Å². The molecule has 0 bridgehead atoms. The number of likely N-dealkylation sites (tertiary alicyclic amines) is 1. The normalized spacial score (nSPS) is 31.7. The fraction of sp³-hybridized carbons (Fsp3) is 0.500. The Balaban J connectivity index is 1.56. The lowest BCUT2D eigenvalue weighted by molar-refractivity contribution is 0.0368. The van der Waals surface area contributed by atoms with Crippen LogP contribution in [0.25, 0.3) is 0 Å². The van der Waals surface area contributed by atoms with Gasteiger partial charge in [0.05, 0.1) is 0 Å². The maximum Gasteiger partial charge on any atom is 0.216 e. The van der Waals surface area contributed by atoms with Crippen LogP contribution in [0.5, 0.6) is 5.88 Å². The van der Waals surface area contributed by atoms with E-state index in [1.165, 1.54) is 18.5 Å². The van der Waals surface area contributed by atoms with Crippen molar-refractivity contribution in [3.8, 4) is 5.88 Å². The van der Waals surface area contributed by atoms with Gasteiger partial charge in [0.2, 0.25) is 5.88 Å². The molecule has 1 aromatic heterocycles. The number of halogens is 2. The minimum absolute atomic E-state index is 0.0413. The molecule has 2 N–H and O–H groups in total. The highest BCUT2D eigenvalue weighted by atomic mass is 19.1. The third kappa shape index (κ3) is 4.25. The zero-order chi connectivity index (χ0) is 18.8. The second kappa shape index (κ2) is 7.86. The first kappa shape index (κ1) is 18.3. The molecule has 7 heteroatoms. The maximum absolute atomic E-state index is 14.1. The van der Waals surface area contributed by atoms with Gasteiger partial charge in [0, 0.05) is 37.4 Å². The Labute approximate surface area is 157 Å². The van der Waals surface area contributed by atoms with Gasteiger partial charge in [-0.1, -0.05) is 12.1 Å². The number of piperidine rings is 1. The molecule has 2 aliphatic rings. The highest BCUT2D eigenvalue weighted by Gasteiger charge is 2.42. The van der Waals surface area contributed by atoms with Crippen LogP contribution in [0.2, 0.25) is 0 Å². The largest absolute Gasteiger partial charge is 0.473 e. The quantitative estimate of drug-likeness (QED) is 0.891. The number of nitrogens with zero attached hydrogens (tertiary/aromatic N) is 3. The van der Waals surface area contributed by atoms with Crippen LogP contribution >= 0.6 is 0 Å². The van der Waals surface area contributed by atoms with Crippen molar-refractivity contribution in [3.63, 3.8) is 0 Å². The van der Waals surface area contributed by atoms with Gasteiger partial charge in [0.1, 0.15) is 24.4 Å². The second-order valence-electron chi connectivity index (χ2n) is 7.54. The lowest BCUT2D eigenvalue weighted by Crippen LogP contribution is -2.54. The van der Waals surface area contributed by atoms with Crippen LogP contribution in [0.15, 0.2) is 42.9 Å². The predicted octanol–water partition coefficient (Wildman–Crippen LogP) is 2.68. The number of hydrogen-bond acceptors (Lipinski definition) is 5. The summed E-state index contributed by atoms with van der Waals surface area (Å²) >= 11 is 0. The smallest absolute Gasteiger partial charge is 0.216 e. The van der Waals surface area contributed by atoms with Gasteiger partial charge in [0.25, 0.3) is 0 Å². The Bertz CT molecular complexity index is 735. The fourth-order valence-corrected chi connectivity index (χ4v) is 4.38. The van der Waals surface area contributed by atoms with Crippen LogP contribution in [-0.2, 0) is 0 Å². The van der Waals surface area contributed by atoms with Crippen LogP contribution in [-0.4, -0.2) is 52.3 Å². The number of ether oxygens (including phenoxy) is 1. The van der Waals surface area contributed by atoms with Gasteiger partial charge < -0.3 is 10.5 Å². The highest BCUT2D eigenvalue weighted by Crippen LogP contribution is 2.39. The molecule has 2 heterocycles. The summed E-state index contributed by atoms with van der Waals surface area (Å²) < 4.78 is 33.6. The van der Waals surface area contributed by atoms with Crippen molar-refractivity contribution in [1.29, 1.82) is 0 Å². The molecule has 1 saturated carbocycles. The first-order chi connectivity index (χ1) is 13.1. The SMILES string of the molecule is NC1CC(F)CN(C2CC(c3ccc(F)cc3)CC2Oc2ccncn2)C1. The monoisotopic (exact) mass is 374 g/mol. The summed E-state index contributed by atoms with van der Waals surface area (Å²) in [6.07, 6.45) is 4.03. The average molecular weight is 374 g/mol. The van der Waals surface area contributed by atoms with Gasteiger partial charge in [-0.2, -0.15) is 0 Å². The maximum atomic E-state index is 14.1. The summed E-state index contributed by atoms with van der Waals surface area (Å²) in [4.78, 5) is 10.2. The van der Waals surface area contributed by atoms with Crippen molar-refractivity contribution in [1.82, 2.24) is 14.9 Å². The molecule has 5 atom stereocenters. The number of aromatic nitrogens is 2. The van der Waals surface area contributed by atoms with E-state index in [4.69, 9.17) is 10.5 Å². The van der Waals surface area contributed by atoms with E-state index < -0.39 is 6.17 Å². The zero-order valence-corrected chi connectivity index (χ0v) is 15.0. The molecule has 0 amide bonds. The lowest BCUT2D eigenvalue weighted by atomic mass is 9.96. The number of benzene rings is 1. The molecule has 1 aliphatic heterocycles. The summed E-state index contributed by atoms with van der Waals surface area (Å²) in [6.45, 7) is 1.03.